The van der Waals surface area contributed by atoms with Gasteiger partial charge in [-0.15, -0.1) is 0 Å². The van der Waals surface area contributed by atoms with Crippen LogP contribution in [0, 0.1) is 0 Å². The van der Waals surface area contributed by atoms with Crippen LogP contribution in [0.3, 0.4) is 0 Å². The number of carboxylic acids is 1. The largest absolute Gasteiger partial charge is 0.493 e. The third kappa shape index (κ3) is 1.72. The summed E-state index contributed by atoms with van der Waals surface area (Å²) in [5, 5.41) is 20.1. The summed E-state index contributed by atoms with van der Waals surface area (Å²) in [6.45, 7) is 0. The predicted molar refractivity (Wildman–Crippen MR) is 38.2 cm³/mol. The first-order valence-corrected chi connectivity index (χ1v) is 2.87. The lowest BCUT2D eigenvalue weighted by atomic mass is 10.8. The topological polar surface area (TPSA) is 108 Å². The van der Waals surface area contributed by atoms with Crippen LogP contribution < -0.4 is 5.69 Å². The van der Waals surface area contributed by atoms with E-state index in [2.05, 4.69) is 5.10 Å². The van der Waals surface area contributed by atoms with Crippen LogP contribution in [0.4, 0.5) is 0 Å². The summed E-state index contributed by atoms with van der Waals surface area (Å²) >= 11 is 0. The van der Waals surface area contributed by atoms with E-state index in [4.69, 9.17) is 10.2 Å². The molecule has 0 aromatic carbocycles. The number of aromatic nitrogens is 2. The molecule has 1 heterocycles. The number of carboxylic acid groups (broad SMARTS) is 1. The summed E-state index contributed by atoms with van der Waals surface area (Å²) < 4.78 is 0.670. The Morgan fingerprint density at radius 3 is 2.83 bits per heavy atom. The molecule has 1 rings (SSSR count). The fraction of sp³-hybridized carbons (Fsp3) is 0. The van der Waals surface area contributed by atoms with Gasteiger partial charge in [-0.05, 0) is 0 Å². The van der Waals surface area contributed by atoms with Crippen LogP contribution in [-0.2, 0) is 4.79 Å². The highest BCUT2D eigenvalue weighted by Gasteiger charge is 1.98. The number of aromatic amines is 1. The number of H-pyrrole nitrogens is 1. The molecular weight excluding hydrogens is 166 g/mol. The fourth-order valence-corrected chi connectivity index (χ4v) is 0.571. The molecular formula is C5H5N3O4. The normalized spacial score (nSPS) is 10.7. The molecule has 1 aromatic heterocycles. The number of imidazole rings is 1. The van der Waals surface area contributed by atoms with Gasteiger partial charge in [-0.1, -0.05) is 0 Å². The van der Waals surface area contributed by atoms with Gasteiger partial charge in [0.15, 0.2) is 0 Å². The van der Waals surface area contributed by atoms with Crippen molar-refractivity contribution in [1.82, 2.24) is 9.66 Å². The SMILES string of the molecule is O=C(O)C=Nn1cc(O)[nH]c1=O. The Hall–Kier alpha value is -2.05. The second-order valence-corrected chi connectivity index (χ2v) is 1.87. The van der Waals surface area contributed by atoms with E-state index in [9.17, 15) is 9.59 Å². The lowest BCUT2D eigenvalue weighted by Gasteiger charge is -1.84. The number of nitrogens with zero attached hydrogens (tertiary/aromatic N) is 2. The summed E-state index contributed by atoms with van der Waals surface area (Å²) in [5.74, 6) is -1.65. The molecule has 0 aliphatic rings. The highest BCUT2D eigenvalue weighted by molar-refractivity contribution is 6.21. The Labute approximate surface area is 65.6 Å². The molecule has 0 bridgehead atoms. The number of aromatic hydroxyl groups is 1. The van der Waals surface area contributed by atoms with Crippen molar-refractivity contribution in [2.75, 3.05) is 0 Å². The van der Waals surface area contributed by atoms with Crippen molar-refractivity contribution >= 4 is 12.2 Å². The van der Waals surface area contributed by atoms with E-state index in [0.717, 1.165) is 6.20 Å². The van der Waals surface area contributed by atoms with Gasteiger partial charge in [0.05, 0.1) is 6.20 Å². The van der Waals surface area contributed by atoms with Crippen molar-refractivity contribution in [1.29, 1.82) is 0 Å². The smallest absolute Gasteiger partial charge is 0.349 e. The molecule has 0 aliphatic heterocycles. The second kappa shape index (κ2) is 2.91. The van der Waals surface area contributed by atoms with E-state index in [1.807, 2.05) is 4.98 Å². The number of hydrogen-bond acceptors (Lipinski definition) is 4. The lowest BCUT2D eigenvalue weighted by Crippen LogP contribution is -2.12. The van der Waals surface area contributed by atoms with Crippen LogP contribution in [0.1, 0.15) is 0 Å². The van der Waals surface area contributed by atoms with Gasteiger partial charge in [0, 0.05) is 0 Å². The summed E-state index contributed by atoms with van der Waals surface area (Å²) in [6, 6.07) is 0. The summed E-state index contributed by atoms with van der Waals surface area (Å²) in [5.41, 5.74) is -0.704. The van der Waals surface area contributed by atoms with E-state index in [0.29, 0.717) is 10.9 Å². The van der Waals surface area contributed by atoms with Crippen molar-refractivity contribution in [3.8, 4) is 5.88 Å². The number of aliphatic carboxylic acids is 1. The van der Waals surface area contributed by atoms with E-state index < -0.39 is 11.7 Å². The standard InChI is InChI=1S/C5H5N3O4/c9-3-2-8(5(12)7-3)6-1-4(10)11/h1-2,9H,(H,7,12)(H,10,11). The summed E-state index contributed by atoms with van der Waals surface area (Å²) in [4.78, 5) is 22.6. The molecule has 0 amide bonds. The molecule has 0 radical (unpaired) electrons. The average molecular weight is 171 g/mol. The van der Waals surface area contributed by atoms with E-state index in [1.54, 1.807) is 0 Å². The van der Waals surface area contributed by atoms with E-state index in [1.165, 1.54) is 0 Å². The van der Waals surface area contributed by atoms with Gasteiger partial charge in [-0.25, -0.2) is 9.59 Å². The zero-order valence-corrected chi connectivity index (χ0v) is 5.76. The average Bonchev–Trinajstić information content (AvgIpc) is 2.26. The highest BCUT2D eigenvalue weighted by Crippen LogP contribution is 1.95. The molecule has 3 N–H and O–H groups in total. The Bertz CT molecular complexity index is 374. The van der Waals surface area contributed by atoms with Crippen molar-refractivity contribution in [3.05, 3.63) is 16.7 Å². The zero-order valence-electron chi connectivity index (χ0n) is 5.76. The summed E-state index contributed by atoms with van der Waals surface area (Å²) in [6.07, 6.45) is 1.50. The summed E-state index contributed by atoms with van der Waals surface area (Å²) in [7, 11) is 0. The molecule has 7 heteroatoms. The number of hydrogen-bond donors (Lipinski definition) is 3. The third-order valence-corrected chi connectivity index (χ3v) is 0.980. The van der Waals surface area contributed by atoms with Crippen LogP contribution >= 0.6 is 0 Å². The Morgan fingerprint density at radius 2 is 2.42 bits per heavy atom. The molecule has 1 aromatic rings. The van der Waals surface area contributed by atoms with E-state index in [-0.39, 0.29) is 5.88 Å². The second-order valence-electron chi connectivity index (χ2n) is 1.87. The van der Waals surface area contributed by atoms with Crippen molar-refractivity contribution in [3.63, 3.8) is 0 Å². The van der Waals surface area contributed by atoms with Gasteiger partial charge in [0.1, 0.15) is 6.21 Å². The van der Waals surface area contributed by atoms with Crippen molar-refractivity contribution in [2.45, 2.75) is 0 Å². The van der Waals surface area contributed by atoms with Gasteiger partial charge in [-0.3, -0.25) is 4.98 Å². The molecule has 0 spiro atoms. The molecule has 0 atom stereocenters. The fourth-order valence-electron chi connectivity index (χ4n) is 0.571. The van der Waals surface area contributed by atoms with Gasteiger partial charge >= 0.3 is 11.7 Å². The van der Waals surface area contributed by atoms with Crippen LogP contribution in [0.25, 0.3) is 0 Å². The number of nitrogens with one attached hydrogen (secondary N) is 1. The Morgan fingerprint density at radius 1 is 1.75 bits per heavy atom. The Balaban J connectivity index is 2.97. The molecule has 7 nitrogen and oxygen atoms in total. The maximum absolute atomic E-state index is 10.7. The molecule has 0 saturated carbocycles. The molecule has 0 fully saturated rings. The van der Waals surface area contributed by atoms with Crippen LogP contribution in [-0.4, -0.2) is 32.1 Å². The quantitative estimate of drug-likeness (QED) is 0.485. The van der Waals surface area contributed by atoms with Crippen LogP contribution in [0.15, 0.2) is 16.1 Å². The van der Waals surface area contributed by atoms with Gasteiger partial charge in [0.25, 0.3) is 0 Å². The predicted octanol–water partition coefficient (Wildman–Crippen LogP) is -1.20. The van der Waals surface area contributed by atoms with Crippen LogP contribution in [0.2, 0.25) is 0 Å². The van der Waals surface area contributed by atoms with Crippen LogP contribution in [0.5, 0.6) is 5.88 Å². The van der Waals surface area contributed by atoms with E-state index >= 15 is 0 Å². The van der Waals surface area contributed by atoms with Gasteiger partial charge in [0.2, 0.25) is 5.88 Å². The molecule has 0 aliphatic carbocycles. The molecule has 0 saturated heterocycles. The third-order valence-electron chi connectivity index (χ3n) is 0.980. The maximum atomic E-state index is 10.7. The molecule has 64 valence electrons. The maximum Gasteiger partial charge on any atom is 0.349 e. The lowest BCUT2D eigenvalue weighted by molar-refractivity contribution is -0.128. The number of carbonyl (C=O) groups is 1. The highest BCUT2D eigenvalue weighted by atomic mass is 16.4. The minimum Gasteiger partial charge on any atom is -0.493 e. The monoisotopic (exact) mass is 171 g/mol. The van der Waals surface area contributed by atoms with Crippen molar-refractivity contribution < 1.29 is 15.0 Å². The molecule has 12 heavy (non-hydrogen) atoms. The minimum absolute atomic E-state index is 0.373. The zero-order chi connectivity index (χ0) is 9.14. The first kappa shape index (κ1) is 8.05. The number of rotatable bonds is 2. The van der Waals surface area contributed by atoms with Gasteiger partial charge in [-0.2, -0.15) is 9.78 Å². The molecule has 0 unspecified atom stereocenters. The minimum atomic E-state index is -1.28. The Kier molecular flexibility index (Phi) is 1.95. The van der Waals surface area contributed by atoms with Gasteiger partial charge < -0.3 is 10.2 Å². The first-order chi connectivity index (χ1) is 5.59. The first-order valence-electron chi connectivity index (χ1n) is 2.87. The van der Waals surface area contributed by atoms with Crippen molar-refractivity contribution in [2.24, 2.45) is 5.10 Å².